The first-order valence-electron chi connectivity index (χ1n) is 4.35. The molecule has 0 N–H and O–H groups in total. The Kier molecular flexibility index (Phi) is 3.25. The number of hydrogen-bond acceptors (Lipinski definition) is 4. The van der Waals surface area contributed by atoms with Crippen molar-refractivity contribution in [1.29, 1.82) is 0 Å². The molecule has 0 saturated carbocycles. The maximum absolute atomic E-state index is 5.50. The highest BCUT2D eigenvalue weighted by molar-refractivity contribution is 6.63. The van der Waals surface area contributed by atoms with Crippen molar-refractivity contribution in [3.05, 3.63) is 0 Å². The second-order valence-electron chi connectivity index (χ2n) is 2.81. The highest BCUT2D eigenvalue weighted by atomic mass is 28.4. The van der Waals surface area contributed by atoms with Crippen molar-refractivity contribution in [2.75, 3.05) is 34.0 Å². The van der Waals surface area contributed by atoms with Crippen LogP contribution in [-0.2, 0) is 8.85 Å². The van der Waals surface area contributed by atoms with Crippen LogP contribution in [0.3, 0.4) is 0 Å². The molecule has 0 bridgehead atoms. The normalized spacial score (nSPS) is 24.0. The van der Waals surface area contributed by atoms with E-state index in [4.69, 9.17) is 8.85 Å². The van der Waals surface area contributed by atoms with Gasteiger partial charge in [0, 0.05) is 20.9 Å². The van der Waals surface area contributed by atoms with Crippen LogP contribution in [0, 0.1) is 0 Å². The molecule has 1 fully saturated rings. The summed E-state index contributed by atoms with van der Waals surface area (Å²) >= 11 is 0. The Morgan fingerprint density at radius 3 is 1.75 bits per heavy atom. The predicted octanol–water partition coefficient (Wildman–Crippen LogP) is 0.330. The zero-order valence-corrected chi connectivity index (χ0v) is 9.33. The van der Waals surface area contributed by atoms with Crippen molar-refractivity contribution >= 4 is 8.88 Å². The highest BCUT2D eigenvalue weighted by Crippen LogP contribution is 2.26. The molecule has 0 aromatic heterocycles. The molecule has 0 atom stereocenters. The van der Waals surface area contributed by atoms with Gasteiger partial charge < -0.3 is 8.85 Å². The van der Waals surface area contributed by atoms with E-state index in [0.29, 0.717) is 0 Å². The van der Waals surface area contributed by atoms with Crippen LogP contribution in [0.25, 0.3) is 0 Å². The summed E-state index contributed by atoms with van der Waals surface area (Å²) in [5.41, 5.74) is 0. The van der Waals surface area contributed by atoms with Crippen LogP contribution in [0.1, 0.15) is 13.8 Å². The lowest BCUT2D eigenvalue weighted by atomic mass is 10.7. The van der Waals surface area contributed by atoms with Crippen molar-refractivity contribution in [2.45, 2.75) is 13.8 Å². The summed E-state index contributed by atoms with van der Waals surface area (Å²) in [7, 11) is 1.39. The maximum Gasteiger partial charge on any atom is 0.524 e. The molecule has 1 aliphatic heterocycles. The summed E-state index contributed by atoms with van der Waals surface area (Å²) in [5.74, 6) is 0. The van der Waals surface area contributed by atoms with Gasteiger partial charge in [0.2, 0.25) is 0 Å². The van der Waals surface area contributed by atoms with E-state index in [1.807, 2.05) is 0 Å². The minimum absolute atomic E-state index is 0.987. The first-order valence-corrected chi connectivity index (χ1v) is 6.06. The Bertz CT molecular complexity index is 140. The van der Waals surface area contributed by atoms with Crippen molar-refractivity contribution in [2.24, 2.45) is 0 Å². The SMILES string of the molecule is CCN1CN(CC)[Si]1(OC)OC. The molecule has 0 radical (unpaired) electrons. The van der Waals surface area contributed by atoms with E-state index < -0.39 is 8.88 Å². The lowest BCUT2D eigenvalue weighted by Crippen LogP contribution is -2.80. The summed E-state index contributed by atoms with van der Waals surface area (Å²) in [6.45, 7) is 7.26. The molecular formula is C7H18N2O2Si. The van der Waals surface area contributed by atoms with E-state index in [9.17, 15) is 0 Å². The second kappa shape index (κ2) is 3.84. The summed E-state index contributed by atoms with van der Waals surface area (Å²) in [6.07, 6.45) is 0. The molecule has 1 heterocycles. The molecule has 0 aromatic carbocycles. The van der Waals surface area contributed by atoms with Crippen LogP contribution in [-0.4, -0.2) is 52.0 Å². The van der Waals surface area contributed by atoms with Gasteiger partial charge in [-0.25, -0.2) is 0 Å². The molecule has 0 unspecified atom stereocenters. The predicted molar refractivity (Wildman–Crippen MR) is 49.4 cm³/mol. The van der Waals surface area contributed by atoms with Crippen molar-refractivity contribution in [1.82, 2.24) is 9.13 Å². The Labute approximate surface area is 75.5 Å². The van der Waals surface area contributed by atoms with E-state index in [1.165, 1.54) is 0 Å². The number of nitrogens with zero attached hydrogens (tertiary/aromatic N) is 2. The van der Waals surface area contributed by atoms with Crippen molar-refractivity contribution in [3.8, 4) is 0 Å². The first kappa shape index (κ1) is 10.1. The fourth-order valence-electron chi connectivity index (χ4n) is 1.71. The lowest BCUT2D eigenvalue weighted by molar-refractivity contribution is 0.00777. The fourth-order valence-corrected chi connectivity index (χ4v) is 4.58. The topological polar surface area (TPSA) is 24.9 Å². The summed E-state index contributed by atoms with van der Waals surface area (Å²) in [4.78, 5) is 0. The molecule has 12 heavy (non-hydrogen) atoms. The van der Waals surface area contributed by atoms with E-state index in [2.05, 4.69) is 23.0 Å². The molecule has 0 aromatic rings. The average molecular weight is 190 g/mol. The smallest absolute Gasteiger partial charge is 0.374 e. The average Bonchev–Trinajstić information content (AvgIpc) is 2.07. The monoisotopic (exact) mass is 190 g/mol. The third kappa shape index (κ3) is 1.21. The molecular weight excluding hydrogens is 172 g/mol. The summed E-state index contributed by atoms with van der Waals surface area (Å²) in [5, 5.41) is 0. The van der Waals surface area contributed by atoms with Gasteiger partial charge in [0.25, 0.3) is 0 Å². The van der Waals surface area contributed by atoms with Gasteiger partial charge in [-0.05, 0) is 13.1 Å². The van der Waals surface area contributed by atoms with Crippen LogP contribution in [0.2, 0.25) is 0 Å². The van der Waals surface area contributed by atoms with Crippen molar-refractivity contribution in [3.63, 3.8) is 0 Å². The van der Waals surface area contributed by atoms with Crippen LogP contribution >= 0.6 is 0 Å². The van der Waals surface area contributed by atoms with Crippen LogP contribution in [0.5, 0.6) is 0 Å². The third-order valence-corrected chi connectivity index (χ3v) is 6.01. The van der Waals surface area contributed by atoms with E-state index >= 15 is 0 Å². The zero-order chi connectivity index (χ0) is 9.19. The molecule has 4 nitrogen and oxygen atoms in total. The van der Waals surface area contributed by atoms with Gasteiger partial charge in [-0.3, -0.25) is 9.13 Å². The quantitative estimate of drug-likeness (QED) is 0.597. The Hall–Kier alpha value is 0.0569. The van der Waals surface area contributed by atoms with Crippen LogP contribution in [0.4, 0.5) is 0 Å². The van der Waals surface area contributed by atoms with Crippen molar-refractivity contribution < 1.29 is 8.85 Å². The van der Waals surface area contributed by atoms with Gasteiger partial charge >= 0.3 is 8.88 Å². The second-order valence-corrected chi connectivity index (χ2v) is 5.99. The molecule has 1 rings (SSSR count). The maximum atomic E-state index is 5.50. The fraction of sp³-hybridized carbons (Fsp3) is 1.00. The summed E-state index contributed by atoms with van der Waals surface area (Å²) in [6, 6.07) is 0. The van der Waals surface area contributed by atoms with Gasteiger partial charge in [0.1, 0.15) is 0 Å². The Balaban J connectivity index is 2.65. The first-order chi connectivity index (χ1) is 5.75. The molecule has 1 aliphatic rings. The standard InChI is InChI=1S/C7H18N2O2Si/c1-5-8-7-9(6-2)12(8,10-3)11-4/h5-7H2,1-4H3. The van der Waals surface area contributed by atoms with Crippen LogP contribution in [0.15, 0.2) is 0 Å². The Morgan fingerprint density at radius 2 is 1.50 bits per heavy atom. The molecule has 72 valence electrons. The van der Waals surface area contributed by atoms with Crippen LogP contribution < -0.4 is 0 Å². The Morgan fingerprint density at radius 1 is 1.08 bits per heavy atom. The van der Waals surface area contributed by atoms with Gasteiger partial charge in [-0.1, -0.05) is 13.8 Å². The minimum atomic E-state index is -2.08. The third-order valence-electron chi connectivity index (χ3n) is 2.44. The molecule has 0 amide bonds. The minimum Gasteiger partial charge on any atom is -0.374 e. The van der Waals surface area contributed by atoms with E-state index in [-0.39, 0.29) is 0 Å². The largest absolute Gasteiger partial charge is 0.524 e. The molecule has 0 aliphatic carbocycles. The molecule has 1 saturated heterocycles. The molecule has 5 heteroatoms. The van der Waals surface area contributed by atoms with Gasteiger partial charge in [-0.2, -0.15) is 0 Å². The molecule has 0 spiro atoms. The number of hydrogen-bond donors (Lipinski definition) is 0. The summed E-state index contributed by atoms with van der Waals surface area (Å²) < 4.78 is 15.5. The number of rotatable bonds is 4. The highest BCUT2D eigenvalue weighted by Gasteiger charge is 2.58. The van der Waals surface area contributed by atoms with Gasteiger partial charge in [-0.15, -0.1) is 0 Å². The van der Waals surface area contributed by atoms with Gasteiger partial charge in [0.05, 0.1) is 0 Å². The zero-order valence-electron chi connectivity index (χ0n) is 8.33. The van der Waals surface area contributed by atoms with E-state index in [1.54, 1.807) is 14.2 Å². The van der Waals surface area contributed by atoms with Gasteiger partial charge in [0.15, 0.2) is 0 Å². The van der Waals surface area contributed by atoms with E-state index in [0.717, 1.165) is 19.8 Å². The lowest BCUT2D eigenvalue weighted by Gasteiger charge is -2.53.